The number of carbonyl (C=O) groups excluding carboxylic acids is 2. The van der Waals surface area contributed by atoms with Crippen molar-refractivity contribution in [3.8, 4) is 0 Å². The van der Waals surface area contributed by atoms with E-state index >= 15 is 0 Å². The largest absolute Gasteiger partial charge is 0.346 e. The Bertz CT molecular complexity index is 498. The first-order valence-corrected chi connectivity index (χ1v) is 9.38. The van der Waals surface area contributed by atoms with E-state index in [0.717, 1.165) is 25.7 Å². The number of carbonyl (C=O) groups is 2. The predicted molar refractivity (Wildman–Crippen MR) is 85.5 cm³/mol. The van der Waals surface area contributed by atoms with Gasteiger partial charge in [0.2, 0.25) is 16.4 Å². The van der Waals surface area contributed by atoms with E-state index in [-0.39, 0.29) is 5.92 Å². The molecule has 22 heavy (non-hydrogen) atoms. The van der Waals surface area contributed by atoms with Crippen LogP contribution in [0, 0.1) is 5.92 Å². The molecule has 0 radical (unpaired) electrons. The predicted octanol–water partition coefficient (Wildman–Crippen LogP) is 1.48. The first-order chi connectivity index (χ1) is 10.4. The van der Waals surface area contributed by atoms with Crippen molar-refractivity contribution < 1.29 is 18.0 Å². The van der Waals surface area contributed by atoms with Crippen LogP contribution in [0.15, 0.2) is 12.2 Å². The Hall–Kier alpha value is -1.37. The molecule has 6 nitrogen and oxygen atoms in total. The molecule has 2 atom stereocenters. The van der Waals surface area contributed by atoms with Crippen LogP contribution in [0.1, 0.15) is 52.4 Å². The standard InChI is InChI=1S/C15H26N2O4S/c1-3-4-5-6-7-8-12(2)14(16-11-18)15(19)17-22(20,21)13-9-10-13/h7-8,11-14H,3-6,9-10H2,1-2H3,(H,16,18)(H,17,19)/b8-7-/t12-,14?/m0/s1. The van der Waals surface area contributed by atoms with Crippen molar-refractivity contribution in [3.63, 3.8) is 0 Å². The number of allylic oxidation sites excluding steroid dienone is 1. The molecule has 0 aromatic carbocycles. The number of sulfonamides is 1. The molecular weight excluding hydrogens is 304 g/mol. The van der Waals surface area contributed by atoms with Crippen molar-refractivity contribution in [2.24, 2.45) is 5.92 Å². The third kappa shape index (κ3) is 6.17. The molecule has 1 fully saturated rings. The van der Waals surface area contributed by atoms with Gasteiger partial charge in [-0.3, -0.25) is 14.3 Å². The van der Waals surface area contributed by atoms with E-state index in [1.54, 1.807) is 6.92 Å². The minimum atomic E-state index is -3.60. The fraction of sp³-hybridized carbons (Fsp3) is 0.733. The molecule has 2 N–H and O–H groups in total. The zero-order valence-corrected chi connectivity index (χ0v) is 14.1. The van der Waals surface area contributed by atoms with E-state index in [1.807, 2.05) is 12.2 Å². The van der Waals surface area contributed by atoms with Crippen LogP contribution in [-0.2, 0) is 19.6 Å². The maximum absolute atomic E-state index is 12.1. The average Bonchev–Trinajstić information content (AvgIpc) is 3.28. The topological polar surface area (TPSA) is 92.3 Å². The van der Waals surface area contributed by atoms with Crippen molar-refractivity contribution in [2.45, 2.75) is 63.7 Å². The van der Waals surface area contributed by atoms with Gasteiger partial charge in [0.15, 0.2) is 0 Å². The van der Waals surface area contributed by atoms with Crippen LogP contribution < -0.4 is 10.0 Å². The summed E-state index contributed by atoms with van der Waals surface area (Å²) in [5.74, 6) is -0.953. The normalized spacial score (nSPS) is 17.9. The lowest BCUT2D eigenvalue weighted by molar-refractivity contribution is -0.124. The van der Waals surface area contributed by atoms with Crippen molar-refractivity contribution in [3.05, 3.63) is 12.2 Å². The van der Waals surface area contributed by atoms with Crippen LogP contribution >= 0.6 is 0 Å². The van der Waals surface area contributed by atoms with Crippen LogP contribution in [0.3, 0.4) is 0 Å². The minimum Gasteiger partial charge on any atom is -0.346 e. The van der Waals surface area contributed by atoms with Gasteiger partial charge in [0.05, 0.1) is 5.25 Å². The molecule has 0 aromatic rings. The number of amides is 2. The molecule has 1 rings (SSSR count). The van der Waals surface area contributed by atoms with Gasteiger partial charge in [0.25, 0.3) is 5.91 Å². The second-order valence-electron chi connectivity index (χ2n) is 5.76. The number of hydrogen-bond donors (Lipinski definition) is 2. The number of nitrogens with one attached hydrogen (secondary N) is 2. The first-order valence-electron chi connectivity index (χ1n) is 7.84. The highest BCUT2D eigenvalue weighted by molar-refractivity contribution is 7.90. The summed E-state index contributed by atoms with van der Waals surface area (Å²) in [7, 11) is -3.60. The number of hydrogen-bond acceptors (Lipinski definition) is 4. The molecule has 7 heteroatoms. The molecule has 126 valence electrons. The summed E-state index contributed by atoms with van der Waals surface area (Å²) in [6.45, 7) is 3.90. The van der Waals surface area contributed by atoms with E-state index in [4.69, 9.17) is 0 Å². The lowest BCUT2D eigenvalue weighted by Gasteiger charge is -2.20. The summed E-state index contributed by atoms with van der Waals surface area (Å²) in [5.41, 5.74) is 0. The monoisotopic (exact) mass is 330 g/mol. The fourth-order valence-corrected chi connectivity index (χ4v) is 3.47. The molecule has 0 aromatic heterocycles. The summed E-state index contributed by atoms with van der Waals surface area (Å²) in [6.07, 6.45) is 9.69. The highest BCUT2D eigenvalue weighted by Crippen LogP contribution is 2.27. The van der Waals surface area contributed by atoms with Crippen LogP contribution in [-0.4, -0.2) is 32.0 Å². The van der Waals surface area contributed by atoms with Crippen LogP contribution in [0.25, 0.3) is 0 Å². The molecule has 0 spiro atoms. The van der Waals surface area contributed by atoms with Crippen molar-refractivity contribution in [1.82, 2.24) is 10.0 Å². The second-order valence-corrected chi connectivity index (χ2v) is 7.72. The lowest BCUT2D eigenvalue weighted by Crippen LogP contribution is -2.49. The Kier molecular flexibility index (Phi) is 7.58. The van der Waals surface area contributed by atoms with Gasteiger partial charge in [0.1, 0.15) is 6.04 Å². The second kappa shape index (κ2) is 8.92. The summed E-state index contributed by atoms with van der Waals surface area (Å²) in [6, 6.07) is -0.881. The van der Waals surface area contributed by atoms with E-state index in [1.165, 1.54) is 0 Å². The van der Waals surface area contributed by atoms with Crippen LogP contribution in [0.5, 0.6) is 0 Å². The zero-order valence-electron chi connectivity index (χ0n) is 13.2. The summed E-state index contributed by atoms with van der Waals surface area (Å²) >= 11 is 0. The van der Waals surface area contributed by atoms with Gasteiger partial charge < -0.3 is 5.32 Å². The smallest absolute Gasteiger partial charge is 0.256 e. The Morgan fingerprint density at radius 3 is 2.55 bits per heavy atom. The zero-order chi connectivity index (χ0) is 16.6. The third-order valence-corrected chi connectivity index (χ3v) is 5.51. The molecule has 1 aliphatic carbocycles. The first kappa shape index (κ1) is 18.7. The average molecular weight is 330 g/mol. The van der Waals surface area contributed by atoms with Gasteiger partial charge in [-0.2, -0.15) is 0 Å². The summed E-state index contributed by atoms with van der Waals surface area (Å²) in [5, 5.41) is 1.94. The highest BCUT2D eigenvalue weighted by atomic mass is 32.2. The molecule has 1 aliphatic rings. The maximum atomic E-state index is 12.1. The van der Waals surface area contributed by atoms with Crippen LogP contribution in [0.4, 0.5) is 0 Å². The fourth-order valence-electron chi connectivity index (χ4n) is 2.14. The quantitative estimate of drug-likeness (QED) is 0.341. The third-order valence-electron chi connectivity index (χ3n) is 3.68. The summed E-state index contributed by atoms with van der Waals surface area (Å²) < 4.78 is 25.7. The molecule has 2 amide bonds. The van der Waals surface area contributed by atoms with E-state index in [0.29, 0.717) is 19.3 Å². The van der Waals surface area contributed by atoms with Gasteiger partial charge in [0, 0.05) is 5.92 Å². The molecular formula is C15H26N2O4S. The molecule has 1 unspecified atom stereocenters. The minimum absolute atomic E-state index is 0.277. The van der Waals surface area contributed by atoms with Crippen molar-refractivity contribution in [2.75, 3.05) is 0 Å². The van der Waals surface area contributed by atoms with E-state index in [9.17, 15) is 18.0 Å². The van der Waals surface area contributed by atoms with Crippen molar-refractivity contribution in [1.29, 1.82) is 0 Å². The van der Waals surface area contributed by atoms with Gasteiger partial charge in [-0.15, -0.1) is 0 Å². The number of unbranched alkanes of at least 4 members (excludes halogenated alkanes) is 3. The molecule has 0 saturated heterocycles. The van der Waals surface area contributed by atoms with Gasteiger partial charge in [-0.05, 0) is 25.7 Å². The Morgan fingerprint density at radius 1 is 1.32 bits per heavy atom. The SMILES string of the molecule is CCCCC/C=C\[C@H](C)C(NC=O)C(=O)NS(=O)(=O)C1CC1. The van der Waals surface area contributed by atoms with Crippen molar-refractivity contribution >= 4 is 22.3 Å². The number of rotatable bonds is 11. The Labute approximate surface area is 132 Å². The molecule has 0 bridgehead atoms. The van der Waals surface area contributed by atoms with Crippen LogP contribution in [0.2, 0.25) is 0 Å². The van der Waals surface area contributed by atoms with Gasteiger partial charge in [-0.25, -0.2) is 8.42 Å². The van der Waals surface area contributed by atoms with E-state index in [2.05, 4.69) is 17.0 Å². The Morgan fingerprint density at radius 2 is 2.00 bits per heavy atom. The molecule has 1 saturated carbocycles. The Balaban J connectivity index is 2.58. The molecule has 0 heterocycles. The maximum Gasteiger partial charge on any atom is 0.256 e. The van der Waals surface area contributed by atoms with Gasteiger partial charge in [-0.1, -0.05) is 38.8 Å². The lowest BCUT2D eigenvalue weighted by atomic mass is 10.0. The summed E-state index contributed by atoms with van der Waals surface area (Å²) in [4.78, 5) is 22.8. The molecule has 0 aliphatic heterocycles. The van der Waals surface area contributed by atoms with E-state index < -0.39 is 27.2 Å². The highest BCUT2D eigenvalue weighted by Gasteiger charge is 2.38. The van der Waals surface area contributed by atoms with Gasteiger partial charge >= 0.3 is 0 Å².